The largest absolute Gasteiger partial charge is 0.384 e. The molecule has 1 amide bonds. The average Bonchev–Trinajstić information content (AvgIpc) is 2.73. The topological polar surface area (TPSA) is 133 Å². The van der Waals surface area contributed by atoms with E-state index < -0.39 is 58.5 Å². The van der Waals surface area contributed by atoms with E-state index in [1.54, 1.807) is 11.8 Å². The summed E-state index contributed by atoms with van der Waals surface area (Å²) in [5.74, 6) is -3.32. The lowest BCUT2D eigenvalue weighted by Crippen LogP contribution is -2.51. The van der Waals surface area contributed by atoms with E-state index in [1.807, 2.05) is 0 Å². The summed E-state index contributed by atoms with van der Waals surface area (Å²) in [5.41, 5.74) is 9.38. The second kappa shape index (κ2) is 9.43. The van der Waals surface area contributed by atoms with Crippen LogP contribution in [0.3, 0.4) is 0 Å². The molecule has 1 aliphatic rings. The third-order valence-corrected chi connectivity index (χ3v) is 5.70. The fourth-order valence-electron chi connectivity index (χ4n) is 4.00. The molecule has 0 bridgehead atoms. The van der Waals surface area contributed by atoms with Gasteiger partial charge < -0.3 is 11.5 Å². The van der Waals surface area contributed by atoms with Gasteiger partial charge in [-0.25, -0.2) is 13.6 Å². The number of piperidine rings is 1. The standard InChI is InChI=1S/C21H25F2N5O4/c1-2-27-20(31)17(16(29)11-26-8-4-3-5-15(26)19(25)30)18(24)28(21(27)32)10-12-6-7-13(22)9-14(12)23/h6-7,9,15H,2-5,8,10-11,24H2,1H3,(H2,25,30)/t15-/m1/s1. The summed E-state index contributed by atoms with van der Waals surface area (Å²) in [6, 6.07) is 2.22. The van der Waals surface area contributed by atoms with Crippen molar-refractivity contribution in [2.75, 3.05) is 18.8 Å². The molecule has 172 valence electrons. The molecular weight excluding hydrogens is 424 g/mol. The lowest BCUT2D eigenvalue weighted by Gasteiger charge is -2.33. The van der Waals surface area contributed by atoms with Gasteiger partial charge in [0.2, 0.25) is 5.91 Å². The molecule has 32 heavy (non-hydrogen) atoms. The number of hydrogen-bond donors (Lipinski definition) is 2. The van der Waals surface area contributed by atoms with Gasteiger partial charge in [0, 0.05) is 18.2 Å². The number of aromatic nitrogens is 2. The number of carbonyl (C=O) groups excluding carboxylic acids is 2. The van der Waals surface area contributed by atoms with Crippen LogP contribution in [0.2, 0.25) is 0 Å². The molecule has 1 aromatic carbocycles. The van der Waals surface area contributed by atoms with Crippen LogP contribution in [-0.4, -0.2) is 44.9 Å². The molecule has 9 nitrogen and oxygen atoms in total. The Balaban J connectivity index is 2.04. The molecule has 1 atom stereocenters. The average molecular weight is 449 g/mol. The van der Waals surface area contributed by atoms with Crippen LogP contribution < -0.4 is 22.7 Å². The van der Waals surface area contributed by atoms with Gasteiger partial charge in [0.25, 0.3) is 5.56 Å². The molecular formula is C21H25F2N5O4. The van der Waals surface area contributed by atoms with Crippen molar-refractivity contribution in [2.45, 2.75) is 45.3 Å². The van der Waals surface area contributed by atoms with Crippen LogP contribution in [-0.2, 0) is 17.9 Å². The van der Waals surface area contributed by atoms with Crippen LogP contribution in [0.1, 0.15) is 42.1 Å². The minimum Gasteiger partial charge on any atom is -0.384 e. The maximum Gasteiger partial charge on any atom is 0.332 e. The number of ketones is 1. The Kier molecular flexibility index (Phi) is 6.87. The first-order chi connectivity index (χ1) is 15.1. The number of benzene rings is 1. The predicted molar refractivity (Wildman–Crippen MR) is 113 cm³/mol. The van der Waals surface area contributed by atoms with E-state index >= 15 is 0 Å². The molecule has 1 fully saturated rings. The number of nitrogens with two attached hydrogens (primary N) is 2. The summed E-state index contributed by atoms with van der Waals surface area (Å²) < 4.78 is 29.1. The van der Waals surface area contributed by atoms with Crippen molar-refractivity contribution in [3.05, 3.63) is 61.8 Å². The molecule has 1 aromatic heterocycles. The summed E-state index contributed by atoms with van der Waals surface area (Å²) in [6.45, 7) is 1.27. The van der Waals surface area contributed by atoms with Crippen LogP contribution in [0.5, 0.6) is 0 Å². The van der Waals surface area contributed by atoms with Crippen LogP contribution in [0.25, 0.3) is 0 Å². The van der Waals surface area contributed by atoms with Gasteiger partial charge in [0.1, 0.15) is 23.0 Å². The van der Waals surface area contributed by atoms with Crippen molar-refractivity contribution >= 4 is 17.5 Å². The van der Waals surface area contributed by atoms with Gasteiger partial charge in [-0.15, -0.1) is 0 Å². The second-order valence-corrected chi connectivity index (χ2v) is 7.72. The van der Waals surface area contributed by atoms with Gasteiger partial charge in [0.15, 0.2) is 5.78 Å². The zero-order valence-corrected chi connectivity index (χ0v) is 17.6. The van der Waals surface area contributed by atoms with Crippen molar-refractivity contribution in [2.24, 2.45) is 5.73 Å². The fraction of sp³-hybridized carbons (Fsp3) is 0.429. The maximum atomic E-state index is 14.2. The number of likely N-dealkylation sites (tertiary alicyclic amines) is 1. The predicted octanol–water partition coefficient (Wildman–Crippen LogP) is 0.461. The van der Waals surface area contributed by atoms with E-state index in [2.05, 4.69) is 0 Å². The Hall–Kier alpha value is -3.34. The highest BCUT2D eigenvalue weighted by Gasteiger charge is 2.31. The first kappa shape index (κ1) is 23.3. The van der Waals surface area contributed by atoms with Crippen molar-refractivity contribution < 1.29 is 18.4 Å². The molecule has 0 radical (unpaired) electrons. The van der Waals surface area contributed by atoms with Crippen LogP contribution in [0.15, 0.2) is 27.8 Å². The molecule has 2 heterocycles. The molecule has 4 N–H and O–H groups in total. The monoisotopic (exact) mass is 449 g/mol. The molecule has 11 heteroatoms. The molecule has 0 unspecified atom stereocenters. The number of halogens is 2. The molecule has 1 aliphatic heterocycles. The Morgan fingerprint density at radius 1 is 1.16 bits per heavy atom. The minimum absolute atomic E-state index is 0.0373. The smallest absolute Gasteiger partial charge is 0.332 e. The van der Waals surface area contributed by atoms with Crippen LogP contribution >= 0.6 is 0 Å². The number of rotatable bonds is 7. The van der Waals surface area contributed by atoms with E-state index in [-0.39, 0.29) is 18.7 Å². The first-order valence-corrected chi connectivity index (χ1v) is 10.3. The summed E-state index contributed by atoms with van der Waals surface area (Å²) >= 11 is 0. The minimum atomic E-state index is -0.893. The summed E-state index contributed by atoms with van der Waals surface area (Å²) in [6.07, 6.45) is 2.05. The fourth-order valence-corrected chi connectivity index (χ4v) is 4.00. The second-order valence-electron chi connectivity index (χ2n) is 7.72. The first-order valence-electron chi connectivity index (χ1n) is 10.3. The molecule has 3 rings (SSSR count). The highest BCUT2D eigenvalue weighted by Crippen LogP contribution is 2.18. The molecule has 0 aliphatic carbocycles. The van der Waals surface area contributed by atoms with Crippen molar-refractivity contribution in [3.8, 4) is 0 Å². The maximum absolute atomic E-state index is 14.2. The Morgan fingerprint density at radius 2 is 1.88 bits per heavy atom. The number of amides is 1. The van der Waals surface area contributed by atoms with Gasteiger partial charge in [-0.05, 0) is 32.4 Å². The number of nitrogen functional groups attached to an aromatic ring is 1. The van der Waals surface area contributed by atoms with E-state index in [4.69, 9.17) is 11.5 Å². The highest BCUT2D eigenvalue weighted by atomic mass is 19.1. The number of primary amides is 1. The Labute approximate surface area is 182 Å². The zero-order valence-electron chi connectivity index (χ0n) is 17.6. The van der Waals surface area contributed by atoms with E-state index in [0.29, 0.717) is 19.0 Å². The number of nitrogens with zero attached hydrogens (tertiary/aromatic N) is 3. The van der Waals surface area contributed by atoms with Gasteiger partial charge in [0.05, 0.1) is 19.1 Å². The molecule has 1 saturated heterocycles. The zero-order chi connectivity index (χ0) is 23.6. The summed E-state index contributed by atoms with van der Waals surface area (Å²) in [7, 11) is 0. The molecule has 2 aromatic rings. The molecule has 0 saturated carbocycles. The van der Waals surface area contributed by atoms with Crippen molar-refractivity contribution in [3.63, 3.8) is 0 Å². The number of anilines is 1. The lowest BCUT2D eigenvalue weighted by molar-refractivity contribution is -0.124. The van der Waals surface area contributed by atoms with Crippen LogP contribution in [0, 0.1) is 11.6 Å². The highest BCUT2D eigenvalue weighted by molar-refractivity contribution is 6.01. The third-order valence-electron chi connectivity index (χ3n) is 5.70. The lowest BCUT2D eigenvalue weighted by atomic mass is 10.0. The van der Waals surface area contributed by atoms with E-state index in [1.165, 1.54) is 0 Å². The third kappa shape index (κ3) is 4.47. The van der Waals surface area contributed by atoms with Gasteiger partial charge >= 0.3 is 5.69 Å². The Morgan fingerprint density at radius 3 is 2.50 bits per heavy atom. The number of Topliss-reactive ketones (excluding diaryl/α,β-unsaturated/α-hetero) is 1. The quantitative estimate of drug-likeness (QED) is 0.590. The number of hydrogen-bond acceptors (Lipinski definition) is 6. The SMILES string of the molecule is CCn1c(=O)c(C(=O)CN2CCCC[C@@H]2C(N)=O)c(N)n(Cc2ccc(F)cc2F)c1=O. The van der Waals surface area contributed by atoms with Gasteiger partial charge in [-0.2, -0.15) is 0 Å². The van der Waals surface area contributed by atoms with Crippen LogP contribution in [0.4, 0.5) is 14.6 Å². The Bertz CT molecular complexity index is 1170. The van der Waals surface area contributed by atoms with E-state index in [0.717, 1.165) is 34.1 Å². The summed E-state index contributed by atoms with van der Waals surface area (Å²) in [5, 5.41) is 0. The normalized spacial score (nSPS) is 16.8. The van der Waals surface area contributed by atoms with Crippen molar-refractivity contribution in [1.82, 2.24) is 14.0 Å². The van der Waals surface area contributed by atoms with Gasteiger partial charge in [-0.1, -0.05) is 12.5 Å². The van der Waals surface area contributed by atoms with Gasteiger partial charge in [-0.3, -0.25) is 28.4 Å². The number of carbonyl (C=O) groups is 2. The molecule has 0 spiro atoms. The van der Waals surface area contributed by atoms with E-state index in [9.17, 15) is 28.0 Å². The van der Waals surface area contributed by atoms with Crippen molar-refractivity contribution in [1.29, 1.82) is 0 Å². The summed E-state index contributed by atoms with van der Waals surface area (Å²) in [4.78, 5) is 52.1.